The van der Waals surface area contributed by atoms with Gasteiger partial charge in [0, 0.05) is 11.5 Å². The molecule has 24 heavy (non-hydrogen) atoms. The highest BCUT2D eigenvalue weighted by Gasteiger charge is 2.13. The molecule has 0 saturated heterocycles. The van der Waals surface area contributed by atoms with Crippen molar-refractivity contribution in [2.24, 2.45) is 0 Å². The van der Waals surface area contributed by atoms with E-state index in [-0.39, 0.29) is 0 Å². The normalized spacial score (nSPS) is 11.0. The van der Waals surface area contributed by atoms with Crippen molar-refractivity contribution in [1.82, 2.24) is 9.97 Å². The Hall–Kier alpha value is -2.18. The number of thiophene rings is 1. The Balaban J connectivity index is 1.86. The Bertz CT molecular complexity index is 832. The molecule has 3 rings (SSSR count). The van der Waals surface area contributed by atoms with Gasteiger partial charge in [-0.05, 0) is 38.5 Å². The number of ether oxygens (including phenoxy) is 2. The molecule has 0 bridgehead atoms. The zero-order chi connectivity index (χ0) is 16.9. The summed E-state index contributed by atoms with van der Waals surface area (Å²) in [7, 11) is 0. The second-order valence-corrected chi connectivity index (χ2v) is 6.56. The van der Waals surface area contributed by atoms with Gasteiger partial charge in [-0.1, -0.05) is 12.1 Å². The molecular weight excluding hydrogens is 322 g/mol. The highest BCUT2D eigenvalue weighted by Crippen LogP contribution is 2.35. The van der Waals surface area contributed by atoms with E-state index in [0.29, 0.717) is 19.8 Å². The topological polar surface area (TPSA) is 56.3 Å². The molecule has 0 radical (unpaired) electrons. The molecule has 5 nitrogen and oxygen atoms in total. The molecule has 2 aromatic heterocycles. The third-order valence-corrected chi connectivity index (χ3v) is 4.91. The summed E-state index contributed by atoms with van der Waals surface area (Å²) in [6.45, 7) is 7.97. The first kappa shape index (κ1) is 16.7. The summed E-state index contributed by atoms with van der Waals surface area (Å²) >= 11 is 1.69. The van der Waals surface area contributed by atoms with Crippen LogP contribution in [0.2, 0.25) is 0 Å². The molecule has 0 saturated carbocycles. The first-order valence-corrected chi connectivity index (χ1v) is 8.79. The SMILES string of the molecule is CCOCCOc1ccccc1Nc1ncnc2sc(C)c(C)c12. The lowest BCUT2D eigenvalue weighted by Gasteiger charge is -2.13. The van der Waals surface area contributed by atoms with Crippen molar-refractivity contribution in [2.75, 3.05) is 25.1 Å². The summed E-state index contributed by atoms with van der Waals surface area (Å²) in [6.07, 6.45) is 1.60. The Morgan fingerprint density at radius 1 is 1.12 bits per heavy atom. The molecule has 0 amide bonds. The van der Waals surface area contributed by atoms with Crippen LogP contribution in [0.25, 0.3) is 10.2 Å². The Kier molecular flexibility index (Phi) is 5.27. The first-order valence-electron chi connectivity index (χ1n) is 7.98. The predicted octanol–water partition coefficient (Wildman–Crippen LogP) is 4.47. The van der Waals surface area contributed by atoms with Crippen molar-refractivity contribution < 1.29 is 9.47 Å². The quantitative estimate of drug-likeness (QED) is 0.642. The van der Waals surface area contributed by atoms with Crippen LogP contribution in [-0.4, -0.2) is 29.8 Å². The number of aryl methyl sites for hydroxylation is 2. The standard InChI is InChI=1S/C18H21N3O2S/c1-4-22-9-10-23-15-8-6-5-7-14(15)21-17-16-12(2)13(3)24-18(16)20-11-19-17/h5-8,11H,4,9-10H2,1-3H3,(H,19,20,21). The highest BCUT2D eigenvalue weighted by atomic mass is 32.1. The van der Waals surface area contributed by atoms with E-state index in [1.54, 1.807) is 17.7 Å². The van der Waals surface area contributed by atoms with Gasteiger partial charge in [-0.25, -0.2) is 9.97 Å². The highest BCUT2D eigenvalue weighted by molar-refractivity contribution is 7.18. The van der Waals surface area contributed by atoms with E-state index in [1.165, 1.54) is 10.4 Å². The van der Waals surface area contributed by atoms with Crippen LogP contribution < -0.4 is 10.1 Å². The van der Waals surface area contributed by atoms with E-state index < -0.39 is 0 Å². The predicted molar refractivity (Wildman–Crippen MR) is 98.6 cm³/mol. The van der Waals surface area contributed by atoms with Gasteiger partial charge in [-0.3, -0.25) is 0 Å². The third-order valence-electron chi connectivity index (χ3n) is 3.79. The molecule has 0 atom stereocenters. The van der Waals surface area contributed by atoms with Gasteiger partial charge in [0.05, 0.1) is 17.7 Å². The fourth-order valence-corrected chi connectivity index (χ4v) is 3.45. The molecule has 0 aliphatic heterocycles. The van der Waals surface area contributed by atoms with Crippen LogP contribution in [0.5, 0.6) is 5.75 Å². The van der Waals surface area contributed by atoms with Gasteiger partial charge in [0.2, 0.25) is 0 Å². The minimum atomic E-state index is 0.516. The fourth-order valence-electron chi connectivity index (χ4n) is 2.46. The summed E-state index contributed by atoms with van der Waals surface area (Å²) in [5.41, 5.74) is 2.10. The molecule has 1 N–H and O–H groups in total. The summed E-state index contributed by atoms with van der Waals surface area (Å²) in [6, 6.07) is 7.86. The van der Waals surface area contributed by atoms with Gasteiger partial charge in [-0.15, -0.1) is 11.3 Å². The molecule has 126 valence electrons. The molecular formula is C18H21N3O2S. The summed E-state index contributed by atoms with van der Waals surface area (Å²) in [5, 5.41) is 4.47. The average Bonchev–Trinajstić information content (AvgIpc) is 2.88. The number of rotatable bonds is 7. The minimum absolute atomic E-state index is 0.516. The van der Waals surface area contributed by atoms with E-state index in [9.17, 15) is 0 Å². The monoisotopic (exact) mass is 343 g/mol. The number of benzene rings is 1. The van der Waals surface area contributed by atoms with Gasteiger partial charge < -0.3 is 14.8 Å². The fraction of sp³-hybridized carbons (Fsp3) is 0.333. The number of hydrogen-bond donors (Lipinski definition) is 1. The van der Waals surface area contributed by atoms with Crippen LogP contribution in [0.15, 0.2) is 30.6 Å². The lowest BCUT2D eigenvalue weighted by molar-refractivity contribution is 0.110. The Labute approximate surface area is 145 Å². The van der Waals surface area contributed by atoms with Crippen LogP contribution in [0.3, 0.4) is 0 Å². The van der Waals surface area contributed by atoms with Gasteiger partial charge in [0.1, 0.15) is 29.3 Å². The molecule has 0 fully saturated rings. The van der Waals surface area contributed by atoms with Crippen LogP contribution in [0.4, 0.5) is 11.5 Å². The minimum Gasteiger partial charge on any atom is -0.489 e. The number of hydrogen-bond acceptors (Lipinski definition) is 6. The number of anilines is 2. The number of fused-ring (bicyclic) bond motifs is 1. The van der Waals surface area contributed by atoms with E-state index in [0.717, 1.165) is 27.5 Å². The maximum atomic E-state index is 5.83. The first-order chi connectivity index (χ1) is 11.7. The summed E-state index contributed by atoms with van der Waals surface area (Å²) in [5.74, 6) is 1.59. The zero-order valence-corrected chi connectivity index (χ0v) is 14.9. The van der Waals surface area contributed by atoms with Crippen LogP contribution in [-0.2, 0) is 4.74 Å². The van der Waals surface area contributed by atoms with Crippen molar-refractivity contribution >= 4 is 33.1 Å². The number of nitrogens with one attached hydrogen (secondary N) is 1. The van der Waals surface area contributed by atoms with Crippen molar-refractivity contribution in [1.29, 1.82) is 0 Å². The average molecular weight is 343 g/mol. The molecule has 0 aliphatic carbocycles. The smallest absolute Gasteiger partial charge is 0.142 e. The van der Waals surface area contributed by atoms with Gasteiger partial charge in [0.15, 0.2) is 0 Å². The molecule has 6 heteroatoms. The summed E-state index contributed by atoms with van der Waals surface area (Å²) < 4.78 is 11.2. The molecule has 1 aromatic carbocycles. The molecule has 0 spiro atoms. The largest absolute Gasteiger partial charge is 0.489 e. The molecule has 0 aliphatic rings. The third kappa shape index (κ3) is 3.49. The molecule has 3 aromatic rings. The lowest BCUT2D eigenvalue weighted by Crippen LogP contribution is -2.07. The van der Waals surface area contributed by atoms with E-state index >= 15 is 0 Å². The van der Waals surface area contributed by atoms with Crippen molar-refractivity contribution in [3.8, 4) is 5.75 Å². The van der Waals surface area contributed by atoms with Crippen molar-refractivity contribution in [3.63, 3.8) is 0 Å². The lowest BCUT2D eigenvalue weighted by atomic mass is 10.2. The maximum Gasteiger partial charge on any atom is 0.142 e. The number of para-hydroxylation sites is 2. The molecule has 0 unspecified atom stereocenters. The number of aromatic nitrogens is 2. The van der Waals surface area contributed by atoms with Gasteiger partial charge in [0.25, 0.3) is 0 Å². The van der Waals surface area contributed by atoms with Crippen LogP contribution in [0, 0.1) is 13.8 Å². The van der Waals surface area contributed by atoms with Gasteiger partial charge in [-0.2, -0.15) is 0 Å². The second-order valence-electron chi connectivity index (χ2n) is 5.35. The van der Waals surface area contributed by atoms with Crippen LogP contribution in [0.1, 0.15) is 17.4 Å². The zero-order valence-electron chi connectivity index (χ0n) is 14.1. The Morgan fingerprint density at radius 2 is 1.96 bits per heavy atom. The van der Waals surface area contributed by atoms with E-state index in [1.807, 2.05) is 31.2 Å². The van der Waals surface area contributed by atoms with Crippen molar-refractivity contribution in [2.45, 2.75) is 20.8 Å². The molecule has 2 heterocycles. The van der Waals surface area contributed by atoms with Gasteiger partial charge >= 0.3 is 0 Å². The van der Waals surface area contributed by atoms with Crippen molar-refractivity contribution in [3.05, 3.63) is 41.0 Å². The summed E-state index contributed by atoms with van der Waals surface area (Å²) in [4.78, 5) is 11.1. The Morgan fingerprint density at radius 3 is 2.79 bits per heavy atom. The van der Waals surface area contributed by atoms with E-state index in [2.05, 4.69) is 29.1 Å². The maximum absolute atomic E-state index is 5.83. The second kappa shape index (κ2) is 7.59. The number of nitrogens with zero attached hydrogens (tertiary/aromatic N) is 2. The van der Waals surface area contributed by atoms with E-state index in [4.69, 9.17) is 9.47 Å². The van der Waals surface area contributed by atoms with Crippen LogP contribution >= 0.6 is 11.3 Å².